The molecule has 1 heterocycles. The highest BCUT2D eigenvalue weighted by Crippen LogP contribution is 2.26. The Kier molecular flexibility index (Phi) is 6.25. The maximum Gasteiger partial charge on any atom is 0.189 e. The van der Waals surface area contributed by atoms with Crippen LogP contribution < -0.4 is 11.1 Å². The minimum Gasteiger partial charge on any atom is -0.459 e. The van der Waals surface area contributed by atoms with E-state index in [1.807, 2.05) is 6.92 Å². The number of rotatable bonds is 4. The van der Waals surface area contributed by atoms with E-state index in [4.69, 9.17) is 10.2 Å². The van der Waals surface area contributed by atoms with Gasteiger partial charge in [-0.15, -0.1) is 24.0 Å². The number of aliphatic imine (C=N–C) groups is 1. The SMILES string of the molecule is CCCNC(N)=NCc1oc2ccc(F)cc2c1C.I. The fourth-order valence-electron chi connectivity index (χ4n) is 1.86. The van der Waals surface area contributed by atoms with Crippen LogP contribution in [0.2, 0.25) is 0 Å². The number of nitrogens with zero attached hydrogens (tertiary/aromatic N) is 1. The van der Waals surface area contributed by atoms with Crippen molar-refractivity contribution in [3.05, 3.63) is 35.3 Å². The van der Waals surface area contributed by atoms with Gasteiger partial charge in [0.15, 0.2) is 5.96 Å². The van der Waals surface area contributed by atoms with E-state index in [1.54, 1.807) is 6.07 Å². The molecule has 2 aromatic rings. The standard InChI is InChI=1S/C14H18FN3O.HI/c1-3-6-17-14(16)18-8-13-9(2)11-7-10(15)4-5-12(11)19-13;/h4-5,7H,3,6,8H2,1-2H3,(H3,16,17,18);1H. The molecular formula is C14H19FIN3O. The van der Waals surface area contributed by atoms with Crippen molar-refractivity contribution in [2.45, 2.75) is 26.8 Å². The van der Waals surface area contributed by atoms with E-state index in [0.717, 1.165) is 23.9 Å². The molecule has 4 nitrogen and oxygen atoms in total. The first-order chi connectivity index (χ1) is 9.11. The fraction of sp³-hybridized carbons (Fsp3) is 0.357. The predicted octanol–water partition coefficient (Wildman–Crippen LogP) is 3.31. The van der Waals surface area contributed by atoms with Crippen molar-refractivity contribution in [1.29, 1.82) is 0 Å². The number of guanidine groups is 1. The summed E-state index contributed by atoms with van der Waals surface area (Å²) in [5.41, 5.74) is 7.29. The number of benzene rings is 1. The van der Waals surface area contributed by atoms with E-state index < -0.39 is 0 Å². The first-order valence-corrected chi connectivity index (χ1v) is 6.33. The van der Waals surface area contributed by atoms with Crippen molar-refractivity contribution in [2.75, 3.05) is 6.54 Å². The first kappa shape index (κ1) is 16.7. The Morgan fingerprint density at radius 3 is 2.90 bits per heavy atom. The molecule has 0 aliphatic heterocycles. The van der Waals surface area contributed by atoms with Gasteiger partial charge in [0.2, 0.25) is 0 Å². The Labute approximate surface area is 134 Å². The third-order valence-electron chi connectivity index (χ3n) is 2.95. The molecule has 6 heteroatoms. The normalized spacial score (nSPS) is 11.4. The van der Waals surface area contributed by atoms with Gasteiger partial charge in [0, 0.05) is 17.5 Å². The van der Waals surface area contributed by atoms with Crippen LogP contribution >= 0.6 is 24.0 Å². The number of aryl methyl sites for hydroxylation is 1. The summed E-state index contributed by atoms with van der Waals surface area (Å²) in [7, 11) is 0. The lowest BCUT2D eigenvalue weighted by Crippen LogP contribution is -2.32. The Hall–Kier alpha value is -1.31. The molecule has 0 aliphatic rings. The largest absolute Gasteiger partial charge is 0.459 e. The number of halogens is 2. The summed E-state index contributed by atoms with van der Waals surface area (Å²) in [6.07, 6.45) is 0.985. The number of nitrogens with two attached hydrogens (primary N) is 1. The number of nitrogens with one attached hydrogen (secondary N) is 1. The number of fused-ring (bicyclic) bond motifs is 1. The van der Waals surface area contributed by atoms with E-state index in [2.05, 4.69) is 17.2 Å². The number of hydrogen-bond donors (Lipinski definition) is 2. The van der Waals surface area contributed by atoms with Gasteiger partial charge in [-0.25, -0.2) is 9.38 Å². The summed E-state index contributed by atoms with van der Waals surface area (Å²) in [5, 5.41) is 3.77. The zero-order valence-corrected chi connectivity index (χ0v) is 13.9. The zero-order chi connectivity index (χ0) is 13.8. The van der Waals surface area contributed by atoms with Crippen LogP contribution in [0.3, 0.4) is 0 Å². The molecule has 3 N–H and O–H groups in total. The van der Waals surface area contributed by atoms with Crippen molar-refractivity contribution in [1.82, 2.24) is 5.32 Å². The summed E-state index contributed by atoms with van der Waals surface area (Å²) >= 11 is 0. The molecule has 0 unspecified atom stereocenters. The van der Waals surface area contributed by atoms with E-state index in [1.165, 1.54) is 12.1 Å². The lowest BCUT2D eigenvalue weighted by molar-refractivity contribution is 0.547. The summed E-state index contributed by atoms with van der Waals surface area (Å²) in [5.74, 6) is 0.838. The first-order valence-electron chi connectivity index (χ1n) is 6.33. The summed E-state index contributed by atoms with van der Waals surface area (Å²) in [6.45, 7) is 5.09. The van der Waals surface area contributed by atoms with Gasteiger partial charge in [-0.2, -0.15) is 0 Å². The van der Waals surface area contributed by atoms with Gasteiger partial charge in [-0.05, 0) is 31.5 Å². The quantitative estimate of drug-likeness (QED) is 0.478. The molecule has 0 fully saturated rings. The lowest BCUT2D eigenvalue weighted by atomic mass is 10.1. The molecule has 0 radical (unpaired) electrons. The smallest absolute Gasteiger partial charge is 0.189 e. The molecule has 0 saturated carbocycles. The molecule has 0 amide bonds. The third-order valence-corrected chi connectivity index (χ3v) is 2.95. The van der Waals surface area contributed by atoms with Crippen LogP contribution in [-0.4, -0.2) is 12.5 Å². The minimum absolute atomic E-state index is 0. The Bertz CT molecular complexity index is 610. The van der Waals surface area contributed by atoms with Crippen molar-refractivity contribution in [3.63, 3.8) is 0 Å². The van der Waals surface area contributed by atoms with Gasteiger partial charge in [-0.3, -0.25) is 0 Å². The highest BCUT2D eigenvalue weighted by molar-refractivity contribution is 14.0. The summed E-state index contributed by atoms with van der Waals surface area (Å²) < 4.78 is 18.8. The molecule has 2 rings (SSSR count). The molecule has 0 aliphatic carbocycles. The van der Waals surface area contributed by atoms with Crippen molar-refractivity contribution in [2.24, 2.45) is 10.7 Å². The van der Waals surface area contributed by atoms with Gasteiger partial charge in [0.05, 0.1) is 0 Å². The second-order valence-electron chi connectivity index (χ2n) is 4.42. The Morgan fingerprint density at radius 1 is 1.45 bits per heavy atom. The lowest BCUT2D eigenvalue weighted by Gasteiger charge is -2.02. The molecule has 0 spiro atoms. The maximum atomic E-state index is 13.2. The molecule has 110 valence electrons. The molecule has 0 bridgehead atoms. The number of furan rings is 1. The highest BCUT2D eigenvalue weighted by Gasteiger charge is 2.10. The predicted molar refractivity (Wildman–Crippen MR) is 89.9 cm³/mol. The van der Waals surface area contributed by atoms with Crippen LogP contribution in [0, 0.1) is 12.7 Å². The van der Waals surface area contributed by atoms with Crippen LogP contribution in [0.15, 0.2) is 27.6 Å². The van der Waals surface area contributed by atoms with Gasteiger partial charge in [0.1, 0.15) is 23.7 Å². The monoisotopic (exact) mass is 391 g/mol. The topological polar surface area (TPSA) is 63.5 Å². The van der Waals surface area contributed by atoms with Gasteiger partial charge in [0.25, 0.3) is 0 Å². The second-order valence-corrected chi connectivity index (χ2v) is 4.42. The van der Waals surface area contributed by atoms with Crippen molar-refractivity contribution in [3.8, 4) is 0 Å². The average Bonchev–Trinajstić information content (AvgIpc) is 2.71. The zero-order valence-electron chi connectivity index (χ0n) is 11.6. The van der Waals surface area contributed by atoms with E-state index in [9.17, 15) is 4.39 Å². The molecule has 0 saturated heterocycles. The minimum atomic E-state index is -0.268. The van der Waals surface area contributed by atoms with Crippen LogP contribution in [0.25, 0.3) is 11.0 Å². The molecule has 1 aromatic heterocycles. The molecular weight excluding hydrogens is 372 g/mol. The summed E-state index contributed by atoms with van der Waals surface area (Å²) in [4.78, 5) is 4.21. The Balaban J connectivity index is 0.00000200. The van der Waals surface area contributed by atoms with E-state index in [-0.39, 0.29) is 29.8 Å². The van der Waals surface area contributed by atoms with Crippen LogP contribution in [0.4, 0.5) is 4.39 Å². The van der Waals surface area contributed by atoms with Gasteiger partial charge in [-0.1, -0.05) is 6.92 Å². The van der Waals surface area contributed by atoms with Gasteiger partial charge < -0.3 is 15.5 Å². The summed E-state index contributed by atoms with van der Waals surface area (Å²) in [6, 6.07) is 4.49. The van der Waals surface area contributed by atoms with Gasteiger partial charge >= 0.3 is 0 Å². The van der Waals surface area contributed by atoms with Crippen molar-refractivity contribution < 1.29 is 8.81 Å². The third kappa shape index (κ3) is 3.84. The van der Waals surface area contributed by atoms with E-state index >= 15 is 0 Å². The molecule has 1 aromatic carbocycles. The average molecular weight is 391 g/mol. The molecule has 0 atom stereocenters. The molecule has 20 heavy (non-hydrogen) atoms. The second kappa shape index (κ2) is 7.47. The Morgan fingerprint density at radius 2 is 2.20 bits per heavy atom. The van der Waals surface area contributed by atoms with Crippen molar-refractivity contribution >= 4 is 40.9 Å². The van der Waals surface area contributed by atoms with Crippen LogP contribution in [0.1, 0.15) is 24.7 Å². The van der Waals surface area contributed by atoms with Crippen LogP contribution in [-0.2, 0) is 6.54 Å². The number of hydrogen-bond acceptors (Lipinski definition) is 2. The highest BCUT2D eigenvalue weighted by atomic mass is 127. The van der Waals surface area contributed by atoms with E-state index in [0.29, 0.717) is 23.8 Å². The fourth-order valence-corrected chi connectivity index (χ4v) is 1.86. The van der Waals surface area contributed by atoms with Crippen LogP contribution in [0.5, 0.6) is 0 Å². The maximum absolute atomic E-state index is 13.2.